The molecule has 0 unspecified atom stereocenters. The summed E-state index contributed by atoms with van der Waals surface area (Å²) < 4.78 is 25.5. The van der Waals surface area contributed by atoms with Gasteiger partial charge in [0.2, 0.25) is 11.2 Å². The molecular formula is C22H23FN2O3. The zero-order valence-electron chi connectivity index (χ0n) is 15.6. The molecule has 0 spiro atoms. The Morgan fingerprint density at radius 3 is 2.68 bits per heavy atom. The SMILES string of the molecule is O=c1c(OCCCN2CCNCC2)c(-c2ccccc2)oc2ccc(F)cc12. The van der Waals surface area contributed by atoms with E-state index in [-0.39, 0.29) is 16.6 Å². The lowest BCUT2D eigenvalue weighted by Gasteiger charge is -2.27. The monoisotopic (exact) mass is 382 g/mol. The van der Waals surface area contributed by atoms with E-state index >= 15 is 0 Å². The van der Waals surface area contributed by atoms with E-state index in [1.54, 1.807) is 0 Å². The first-order valence-corrected chi connectivity index (χ1v) is 9.60. The van der Waals surface area contributed by atoms with Crippen LogP contribution in [0, 0.1) is 5.82 Å². The van der Waals surface area contributed by atoms with Crippen LogP contribution in [0.25, 0.3) is 22.3 Å². The molecule has 1 aliphatic heterocycles. The van der Waals surface area contributed by atoms with E-state index in [4.69, 9.17) is 9.15 Å². The summed E-state index contributed by atoms with van der Waals surface area (Å²) in [5, 5.41) is 3.52. The summed E-state index contributed by atoms with van der Waals surface area (Å²) in [5.74, 6) is 0.0495. The van der Waals surface area contributed by atoms with Crippen LogP contribution in [0.5, 0.6) is 5.75 Å². The van der Waals surface area contributed by atoms with Gasteiger partial charge in [-0.2, -0.15) is 0 Å². The summed E-state index contributed by atoms with van der Waals surface area (Å²) in [5.41, 5.74) is 0.753. The first kappa shape index (κ1) is 18.7. The highest BCUT2D eigenvalue weighted by atomic mass is 19.1. The van der Waals surface area contributed by atoms with Gasteiger partial charge in [-0.1, -0.05) is 30.3 Å². The van der Waals surface area contributed by atoms with E-state index in [2.05, 4.69) is 10.2 Å². The standard InChI is InChI=1S/C22H23FN2O3/c23-17-7-8-19-18(15-17)20(26)22(21(28-19)16-5-2-1-3-6-16)27-14-4-11-25-12-9-24-10-13-25/h1-3,5-8,15,24H,4,9-14H2. The van der Waals surface area contributed by atoms with E-state index in [0.717, 1.165) is 44.7 Å². The molecule has 0 saturated carbocycles. The van der Waals surface area contributed by atoms with Crippen molar-refractivity contribution in [3.05, 3.63) is 64.6 Å². The number of nitrogens with one attached hydrogen (secondary N) is 1. The zero-order chi connectivity index (χ0) is 19.3. The number of nitrogens with zero attached hydrogens (tertiary/aromatic N) is 1. The van der Waals surface area contributed by atoms with Gasteiger partial charge in [-0.3, -0.25) is 4.79 Å². The predicted molar refractivity (Wildman–Crippen MR) is 107 cm³/mol. The molecule has 0 amide bonds. The lowest BCUT2D eigenvalue weighted by molar-refractivity contribution is 0.212. The summed E-state index contributed by atoms with van der Waals surface area (Å²) >= 11 is 0. The van der Waals surface area contributed by atoms with Gasteiger partial charge in [-0.15, -0.1) is 0 Å². The molecule has 1 fully saturated rings. The number of hydrogen-bond acceptors (Lipinski definition) is 5. The van der Waals surface area contributed by atoms with Crippen molar-refractivity contribution in [1.82, 2.24) is 10.2 Å². The van der Waals surface area contributed by atoms with Crippen LogP contribution >= 0.6 is 0 Å². The lowest BCUT2D eigenvalue weighted by Crippen LogP contribution is -2.44. The molecule has 5 nitrogen and oxygen atoms in total. The minimum Gasteiger partial charge on any atom is -0.486 e. The molecule has 146 valence electrons. The third-order valence-electron chi connectivity index (χ3n) is 4.92. The highest BCUT2D eigenvalue weighted by Gasteiger charge is 2.18. The average molecular weight is 382 g/mol. The molecule has 1 aliphatic rings. The fourth-order valence-corrected chi connectivity index (χ4v) is 3.46. The topological polar surface area (TPSA) is 54.7 Å². The largest absolute Gasteiger partial charge is 0.486 e. The molecule has 2 heterocycles. The Labute approximate surface area is 162 Å². The molecule has 0 bridgehead atoms. The van der Waals surface area contributed by atoms with Gasteiger partial charge in [-0.05, 0) is 24.6 Å². The molecule has 4 rings (SSSR count). The summed E-state index contributed by atoms with van der Waals surface area (Å²) in [7, 11) is 0. The Bertz CT molecular complexity index is 998. The molecule has 28 heavy (non-hydrogen) atoms. The maximum atomic E-state index is 13.7. The van der Waals surface area contributed by atoms with Gasteiger partial charge in [0.25, 0.3) is 0 Å². The third kappa shape index (κ3) is 4.08. The lowest BCUT2D eigenvalue weighted by atomic mass is 10.1. The highest BCUT2D eigenvalue weighted by Crippen LogP contribution is 2.31. The van der Waals surface area contributed by atoms with Crippen molar-refractivity contribution >= 4 is 11.0 Å². The number of rotatable bonds is 6. The second-order valence-electron chi connectivity index (χ2n) is 6.89. The van der Waals surface area contributed by atoms with Crippen molar-refractivity contribution in [2.75, 3.05) is 39.3 Å². The molecule has 1 N–H and O–H groups in total. The van der Waals surface area contributed by atoms with Gasteiger partial charge in [-0.25, -0.2) is 4.39 Å². The summed E-state index contributed by atoms with van der Waals surface area (Å²) in [4.78, 5) is 15.4. The van der Waals surface area contributed by atoms with Crippen molar-refractivity contribution in [1.29, 1.82) is 0 Å². The molecule has 0 atom stereocenters. The van der Waals surface area contributed by atoms with Crippen LogP contribution < -0.4 is 15.5 Å². The fourth-order valence-electron chi connectivity index (χ4n) is 3.46. The minimum atomic E-state index is -0.475. The number of ether oxygens (including phenoxy) is 1. The van der Waals surface area contributed by atoms with Gasteiger partial charge in [0.05, 0.1) is 12.0 Å². The maximum Gasteiger partial charge on any atom is 0.235 e. The molecule has 3 aromatic rings. The normalized spacial score (nSPS) is 15.0. The first-order chi connectivity index (χ1) is 13.7. The molecular weight excluding hydrogens is 359 g/mol. The van der Waals surface area contributed by atoms with Gasteiger partial charge >= 0.3 is 0 Å². The second-order valence-corrected chi connectivity index (χ2v) is 6.89. The molecule has 6 heteroatoms. The van der Waals surface area contributed by atoms with Crippen molar-refractivity contribution in [2.24, 2.45) is 0 Å². The summed E-state index contributed by atoms with van der Waals surface area (Å²) in [6, 6.07) is 13.3. The molecule has 2 aromatic carbocycles. The number of benzene rings is 2. The van der Waals surface area contributed by atoms with Crippen molar-refractivity contribution in [2.45, 2.75) is 6.42 Å². The van der Waals surface area contributed by atoms with Crippen LogP contribution in [0.2, 0.25) is 0 Å². The van der Waals surface area contributed by atoms with Crippen molar-refractivity contribution in [3.63, 3.8) is 0 Å². The van der Waals surface area contributed by atoms with E-state index < -0.39 is 5.82 Å². The van der Waals surface area contributed by atoms with Crippen molar-refractivity contribution < 1.29 is 13.5 Å². The van der Waals surface area contributed by atoms with Crippen LogP contribution in [0.3, 0.4) is 0 Å². The highest BCUT2D eigenvalue weighted by molar-refractivity contribution is 5.82. The molecule has 1 aromatic heterocycles. The Morgan fingerprint density at radius 2 is 1.89 bits per heavy atom. The van der Waals surface area contributed by atoms with Gasteiger partial charge in [0.1, 0.15) is 11.4 Å². The number of hydrogen-bond donors (Lipinski definition) is 1. The van der Waals surface area contributed by atoms with Crippen LogP contribution in [0.1, 0.15) is 6.42 Å². The van der Waals surface area contributed by atoms with E-state index in [0.29, 0.717) is 18.0 Å². The molecule has 1 saturated heterocycles. The molecule has 0 aliphatic carbocycles. The summed E-state index contributed by atoms with van der Waals surface area (Å²) in [6.07, 6.45) is 0.800. The number of halogens is 1. The van der Waals surface area contributed by atoms with E-state index in [1.807, 2.05) is 30.3 Å². The maximum absolute atomic E-state index is 13.7. The summed E-state index contributed by atoms with van der Waals surface area (Å²) in [6.45, 7) is 5.35. The third-order valence-corrected chi connectivity index (χ3v) is 4.92. The van der Waals surface area contributed by atoms with Crippen LogP contribution in [0.15, 0.2) is 57.7 Å². The van der Waals surface area contributed by atoms with E-state index in [9.17, 15) is 9.18 Å². The van der Waals surface area contributed by atoms with Crippen LogP contribution in [-0.4, -0.2) is 44.2 Å². The second kappa shape index (κ2) is 8.54. The Morgan fingerprint density at radius 1 is 1.11 bits per heavy atom. The van der Waals surface area contributed by atoms with Gasteiger partial charge in [0, 0.05) is 38.3 Å². The van der Waals surface area contributed by atoms with Crippen LogP contribution in [0.4, 0.5) is 4.39 Å². The quantitative estimate of drug-likeness (QED) is 0.663. The fraction of sp³-hybridized carbons (Fsp3) is 0.318. The predicted octanol–water partition coefficient (Wildman–Crippen LogP) is 3.27. The first-order valence-electron chi connectivity index (χ1n) is 9.60. The Hall–Kier alpha value is -2.70. The number of piperazine rings is 1. The Kier molecular flexibility index (Phi) is 5.69. The van der Waals surface area contributed by atoms with E-state index in [1.165, 1.54) is 18.2 Å². The smallest absolute Gasteiger partial charge is 0.235 e. The zero-order valence-corrected chi connectivity index (χ0v) is 15.6. The van der Waals surface area contributed by atoms with Crippen molar-refractivity contribution in [3.8, 4) is 17.1 Å². The Balaban J connectivity index is 1.61. The molecule has 0 radical (unpaired) electrons. The van der Waals surface area contributed by atoms with Gasteiger partial charge < -0.3 is 19.4 Å². The number of fused-ring (bicyclic) bond motifs is 1. The average Bonchev–Trinajstić information content (AvgIpc) is 2.74. The van der Waals surface area contributed by atoms with Gasteiger partial charge in [0.15, 0.2) is 5.76 Å². The van der Waals surface area contributed by atoms with Crippen LogP contribution in [-0.2, 0) is 0 Å². The minimum absolute atomic E-state index is 0.143.